The van der Waals surface area contributed by atoms with Crippen LogP contribution in [-0.4, -0.2) is 89.2 Å². The van der Waals surface area contributed by atoms with Crippen LogP contribution in [0.15, 0.2) is 109 Å². The van der Waals surface area contributed by atoms with Crippen molar-refractivity contribution in [1.29, 1.82) is 0 Å². The van der Waals surface area contributed by atoms with Crippen LogP contribution in [0.5, 0.6) is 0 Å². The van der Waals surface area contributed by atoms with Crippen LogP contribution in [0.4, 0.5) is 0 Å². The van der Waals surface area contributed by atoms with E-state index in [1.54, 1.807) is 0 Å². The van der Waals surface area contributed by atoms with Crippen molar-refractivity contribution < 1.29 is 58.2 Å². The lowest BCUT2D eigenvalue weighted by Crippen LogP contribution is -2.61. The van der Waals surface area contributed by atoms with Gasteiger partial charge in [0.05, 0.1) is 6.61 Å². The van der Waals surface area contributed by atoms with Gasteiger partial charge in [-0.15, -0.1) is 0 Å². The second-order valence-electron chi connectivity index (χ2n) is 19.2. The second kappa shape index (κ2) is 50.2. The molecular formula is C63H100O12. The molecule has 75 heavy (non-hydrogen) atoms. The van der Waals surface area contributed by atoms with Crippen molar-refractivity contribution >= 4 is 23.9 Å². The fraction of sp³-hybridized carbons (Fsp3) is 0.651. The van der Waals surface area contributed by atoms with Gasteiger partial charge in [0, 0.05) is 19.3 Å². The third-order valence-electron chi connectivity index (χ3n) is 12.3. The fourth-order valence-corrected chi connectivity index (χ4v) is 7.93. The fourth-order valence-electron chi connectivity index (χ4n) is 7.93. The molecule has 0 aliphatic carbocycles. The number of aliphatic carboxylic acids is 1. The molecule has 0 aromatic rings. The Morgan fingerprint density at radius 2 is 0.853 bits per heavy atom. The maximum Gasteiger partial charge on any atom is 0.335 e. The first-order valence-electron chi connectivity index (χ1n) is 28.9. The Labute approximate surface area is 453 Å². The Kier molecular flexibility index (Phi) is 45.8. The minimum atomic E-state index is -1.92. The highest BCUT2D eigenvalue weighted by molar-refractivity contribution is 5.74. The summed E-state index contributed by atoms with van der Waals surface area (Å²) in [5.74, 6) is -3.24. The van der Waals surface area contributed by atoms with Gasteiger partial charge in [-0.25, -0.2) is 4.79 Å². The van der Waals surface area contributed by atoms with Gasteiger partial charge >= 0.3 is 23.9 Å². The average Bonchev–Trinajstić information content (AvgIpc) is 3.39. The molecule has 1 aliphatic rings. The normalized spacial score (nSPS) is 19.0. The van der Waals surface area contributed by atoms with Crippen molar-refractivity contribution in [2.75, 3.05) is 13.2 Å². The van der Waals surface area contributed by atoms with Crippen LogP contribution < -0.4 is 0 Å². The highest BCUT2D eigenvalue weighted by Gasteiger charge is 2.50. The van der Waals surface area contributed by atoms with Crippen LogP contribution in [0.1, 0.15) is 213 Å². The number of rotatable bonds is 47. The quantitative estimate of drug-likeness (QED) is 0.0228. The zero-order valence-electron chi connectivity index (χ0n) is 46.5. The lowest BCUT2D eigenvalue weighted by molar-refractivity contribution is -0.301. The molecule has 1 heterocycles. The number of aliphatic hydroxyl groups excluding tert-OH is 2. The van der Waals surface area contributed by atoms with E-state index in [1.807, 2.05) is 6.08 Å². The Morgan fingerprint density at radius 1 is 0.453 bits per heavy atom. The summed E-state index contributed by atoms with van der Waals surface area (Å²) in [6.45, 7) is 5.65. The first-order valence-corrected chi connectivity index (χ1v) is 28.9. The zero-order valence-corrected chi connectivity index (χ0v) is 46.5. The standard InChI is InChI=1S/C63H100O12/c1-4-7-10-13-16-19-22-24-26-28-30-32-35-37-40-43-46-49-55(64)71-52-54(73-56(65)50-47-44-41-38-34-21-18-15-12-9-6-3)53-72-63-61(59(68)58(67)60(75-63)62(69)70)74-57(66)51-48-45-42-39-36-33-31-29-27-25-23-20-17-14-11-8-5-2/h7-8,10-11,15-20,24-27,30,32,37,40,54,58-61,63,67-68H,4-6,9,12-14,21-23,28-29,31,33-36,38-39,41-53H2,1-3H3,(H,69,70)/b10-7-,11-8-,18-15-,19-16-,20-17-,26-24-,27-25-,32-30-,40-37-. The molecule has 0 aromatic heterocycles. The molecule has 0 spiro atoms. The second-order valence-corrected chi connectivity index (χ2v) is 19.2. The molecule has 6 atom stereocenters. The van der Waals surface area contributed by atoms with E-state index >= 15 is 0 Å². The summed E-state index contributed by atoms with van der Waals surface area (Å²) in [4.78, 5) is 51.0. The third-order valence-corrected chi connectivity index (χ3v) is 12.3. The van der Waals surface area contributed by atoms with E-state index in [1.165, 1.54) is 12.8 Å². The summed E-state index contributed by atoms with van der Waals surface area (Å²) in [5, 5.41) is 31.5. The molecule has 0 radical (unpaired) electrons. The minimum absolute atomic E-state index is 0.0376. The molecule has 1 aliphatic heterocycles. The summed E-state index contributed by atoms with van der Waals surface area (Å²) in [5.41, 5.74) is 0. The van der Waals surface area contributed by atoms with E-state index in [9.17, 15) is 34.5 Å². The summed E-state index contributed by atoms with van der Waals surface area (Å²) >= 11 is 0. The molecule has 0 aromatic carbocycles. The van der Waals surface area contributed by atoms with Gasteiger partial charge in [0.15, 0.2) is 24.6 Å². The predicted octanol–water partition coefficient (Wildman–Crippen LogP) is 14.7. The van der Waals surface area contributed by atoms with Gasteiger partial charge in [-0.3, -0.25) is 14.4 Å². The van der Waals surface area contributed by atoms with E-state index in [0.29, 0.717) is 25.7 Å². The summed E-state index contributed by atoms with van der Waals surface area (Å²) < 4.78 is 28.3. The molecule has 1 fully saturated rings. The van der Waals surface area contributed by atoms with E-state index < -0.39 is 67.3 Å². The summed E-state index contributed by atoms with van der Waals surface area (Å²) in [6, 6.07) is 0. The molecule has 12 nitrogen and oxygen atoms in total. The first kappa shape index (κ1) is 68.4. The van der Waals surface area contributed by atoms with Crippen molar-refractivity contribution in [2.45, 2.75) is 250 Å². The predicted molar refractivity (Wildman–Crippen MR) is 303 cm³/mol. The van der Waals surface area contributed by atoms with Crippen LogP contribution in [-0.2, 0) is 42.9 Å². The van der Waals surface area contributed by atoms with Gasteiger partial charge in [0.25, 0.3) is 0 Å². The van der Waals surface area contributed by atoms with Gasteiger partial charge in [0.2, 0.25) is 0 Å². The molecule has 0 bridgehead atoms. The number of aliphatic hydroxyl groups is 2. The van der Waals surface area contributed by atoms with Gasteiger partial charge in [-0.2, -0.15) is 0 Å². The smallest absolute Gasteiger partial charge is 0.335 e. The number of carbonyl (C=O) groups excluding carboxylic acids is 3. The number of esters is 3. The van der Waals surface area contributed by atoms with Crippen LogP contribution in [0.2, 0.25) is 0 Å². The maximum atomic E-state index is 13.1. The lowest BCUT2D eigenvalue weighted by Gasteiger charge is -2.40. The van der Waals surface area contributed by atoms with Crippen LogP contribution in [0, 0.1) is 0 Å². The largest absolute Gasteiger partial charge is 0.479 e. The Bertz CT molecular complexity index is 1720. The molecule has 6 unspecified atom stereocenters. The van der Waals surface area contributed by atoms with E-state index in [-0.39, 0.29) is 25.9 Å². The number of hydrogen-bond donors (Lipinski definition) is 3. The molecule has 1 rings (SSSR count). The SMILES string of the molecule is CC/C=C\C/C=C\C/C=C\C/C=C\C/C=C\CCCC(=O)OCC(COC1OC(C(=O)O)C(O)C(O)C1OC(=O)CCCCCCCCC/C=C\C/C=C\C/C=C\CC)OC(=O)CCCCCCC/C=C\CCCC. The van der Waals surface area contributed by atoms with Crippen LogP contribution in [0.25, 0.3) is 0 Å². The third kappa shape index (κ3) is 40.3. The highest BCUT2D eigenvalue weighted by atomic mass is 16.7. The van der Waals surface area contributed by atoms with E-state index in [4.69, 9.17) is 23.7 Å². The Balaban J connectivity index is 2.73. The van der Waals surface area contributed by atoms with Crippen molar-refractivity contribution in [2.24, 2.45) is 0 Å². The summed E-state index contributed by atoms with van der Waals surface area (Å²) in [6.07, 6.45) is 55.0. The average molecular weight is 1050 g/mol. The van der Waals surface area contributed by atoms with Gasteiger partial charge < -0.3 is 39.0 Å². The molecule has 1 saturated heterocycles. The number of carbonyl (C=O) groups is 4. The van der Waals surface area contributed by atoms with Gasteiger partial charge in [-0.1, -0.05) is 194 Å². The summed E-state index contributed by atoms with van der Waals surface area (Å²) in [7, 11) is 0. The van der Waals surface area contributed by atoms with E-state index in [0.717, 1.165) is 135 Å². The molecule has 424 valence electrons. The number of hydrogen-bond acceptors (Lipinski definition) is 11. The van der Waals surface area contributed by atoms with Gasteiger partial charge in [-0.05, 0) is 109 Å². The number of ether oxygens (including phenoxy) is 5. The zero-order chi connectivity index (χ0) is 54.7. The minimum Gasteiger partial charge on any atom is -0.479 e. The molecule has 3 N–H and O–H groups in total. The van der Waals surface area contributed by atoms with Crippen LogP contribution >= 0.6 is 0 Å². The topological polar surface area (TPSA) is 175 Å². The van der Waals surface area contributed by atoms with Crippen molar-refractivity contribution in [3.63, 3.8) is 0 Å². The number of carboxylic acids is 1. The number of carboxylic acid groups (broad SMARTS) is 1. The maximum absolute atomic E-state index is 13.1. The van der Waals surface area contributed by atoms with Crippen LogP contribution in [0.3, 0.4) is 0 Å². The lowest BCUT2D eigenvalue weighted by atomic mass is 9.98. The number of allylic oxidation sites excluding steroid dienone is 18. The Hall–Kier alpha value is -4.62. The number of unbranched alkanes of at least 4 members (excludes halogenated alkanes) is 15. The van der Waals surface area contributed by atoms with Crippen molar-refractivity contribution in [3.05, 3.63) is 109 Å². The van der Waals surface area contributed by atoms with Crippen molar-refractivity contribution in [1.82, 2.24) is 0 Å². The molecule has 0 amide bonds. The molecule has 0 saturated carbocycles. The molecular weight excluding hydrogens is 949 g/mol. The first-order chi connectivity index (χ1) is 36.6. The molecule has 12 heteroatoms. The van der Waals surface area contributed by atoms with Crippen molar-refractivity contribution in [3.8, 4) is 0 Å². The van der Waals surface area contributed by atoms with Gasteiger partial charge in [0.1, 0.15) is 18.8 Å². The monoisotopic (exact) mass is 1050 g/mol. The highest BCUT2D eigenvalue weighted by Crippen LogP contribution is 2.26. The Morgan fingerprint density at radius 3 is 1.33 bits per heavy atom. The van der Waals surface area contributed by atoms with E-state index in [2.05, 4.69) is 124 Å².